The fourth-order valence-electron chi connectivity index (χ4n) is 2.11. The summed E-state index contributed by atoms with van der Waals surface area (Å²) in [6.45, 7) is 5.42. The maximum atomic E-state index is 6.00. The molecule has 0 saturated heterocycles. The molecule has 1 saturated carbocycles. The number of hydrogen-bond donors (Lipinski definition) is 0. The Hall–Kier alpha value is -0.690. The first-order chi connectivity index (χ1) is 7.26. The van der Waals surface area contributed by atoms with Gasteiger partial charge in [0.05, 0.1) is 0 Å². The first kappa shape index (κ1) is 10.8. The third-order valence-corrected chi connectivity index (χ3v) is 3.30. The van der Waals surface area contributed by atoms with Crippen LogP contribution in [-0.4, -0.2) is 12.6 Å². The van der Waals surface area contributed by atoms with Crippen molar-refractivity contribution in [3.8, 4) is 0 Å². The van der Waals surface area contributed by atoms with Gasteiger partial charge in [-0.15, -0.1) is 11.6 Å². The lowest BCUT2D eigenvalue weighted by Crippen LogP contribution is -2.26. The van der Waals surface area contributed by atoms with Gasteiger partial charge in [-0.1, -0.05) is 17.7 Å². The molecule has 0 bridgehead atoms. The van der Waals surface area contributed by atoms with Crippen molar-refractivity contribution in [1.29, 1.82) is 0 Å². The highest BCUT2D eigenvalue weighted by atomic mass is 35.5. The van der Waals surface area contributed by atoms with Crippen molar-refractivity contribution in [2.45, 2.75) is 38.6 Å². The summed E-state index contributed by atoms with van der Waals surface area (Å²) in [5, 5.41) is 0. The van der Waals surface area contributed by atoms with Gasteiger partial charge in [-0.05, 0) is 38.3 Å². The smallest absolute Gasteiger partial charge is 0.0494 e. The SMILES string of the molecule is CCN(c1ccc(C)cc1CCl)C1CC1. The molecular formula is C13H18ClN. The Balaban J connectivity index is 2.32. The quantitative estimate of drug-likeness (QED) is 0.704. The lowest BCUT2D eigenvalue weighted by molar-refractivity contribution is 0.821. The highest BCUT2D eigenvalue weighted by Gasteiger charge is 2.29. The average molecular weight is 224 g/mol. The number of halogens is 1. The molecule has 0 heterocycles. The topological polar surface area (TPSA) is 3.24 Å². The fourth-order valence-corrected chi connectivity index (χ4v) is 2.33. The summed E-state index contributed by atoms with van der Waals surface area (Å²) in [6, 6.07) is 7.36. The number of alkyl halides is 1. The monoisotopic (exact) mass is 223 g/mol. The first-order valence-electron chi connectivity index (χ1n) is 5.68. The minimum absolute atomic E-state index is 0.611. The van der Waals surface area contributed by atoms with Crippen molar-refractivity contribution in [2.75, 3.05) is 11.4 Å². The number of nitrogens with zero attached hydrogens (tertiary/aromatic N) is 1. The number of anilines is 1. The van der Waals surface area contributed by atoms with Gasteiger partial charge in [0.15, 0.2) is 0 Å². The van der Waals surface area contributed by atoms with Crippen molar-refractivity contribution < 1.29 is 0 Å². The van der Waals surface area contributed by atoms with E-state index in [9.17, 15) is 0 Å². The lowest BCUT2D eigenvalue weighted by Gasteiger charge is -2.25. The zero-order valence-corrected chi connectivity index (χ0v) is 10.2. The average Bonchev–Trinajstić information content (AvgIpc) is 3.05. The van der Waals surface area contributed by atoms with Gasteiger partial charge >= 0.3 is 0 Å². The van der Waals surface area contributed by atoms with Crippen LogP contribution in [-0.2, 0) is 5.88 Å². The van der Waals surface area contributed by atoms with Crippen LogP contribution >= 0.6 is 11.6 Å². The predicted octanol–water partition coefficient (Wildman–Crippen LogP) is 3.72. The molecular weight excluding hydrogens is 206 g/mol. The molecule has 82 valence electrons. The normalized spacial score (nSPS) is 15.4. The Morgan fingerprint density at radius 2 is 2.13 bits per heavy atom. The van der Waals surface area contributed by atoms with Crippen LogP contribution in [0.15, 0.2) is 18.2 Å². The van der Waals surface area contributed by atoms with Crippen LogP contribution in [0.3, 0.4) is 0 Å². The van der Waals surface area contributed by atoms with Crippen LogP contribution in [0, 0.1) is 6.92 Å². The van der Waals surface area contributed by atoms with E-state index in [1.54, 1.807) is 0 Å². The van der Waals surface area contributed by atoms with Gasteiger partial charge in [-0.3, -0.25) is 0 Å². The molecule has 0 spiro atoms. The number of rotatable bonds is 4. The van der Waals surface area contributed by atoms with Crippen LogP contribution in [0.2, 0.25) is 0 Å². The van der Waals surface area contributed by atoms with Gasteiger partial charge < -0.3 is 4.90 Å². The molecule has 0 amide bonds. The highest BCUT2D eigenvalue weighted by Crippen LogP contribution is 2.34. The van der Waals surface area contributed by atoms with Crippen molar-refractivity contribution in [3.63, 3.8) is 0 Å². The molecule has 1 aromatic rings. The van der Waals surface area contributed by atoms with Crippen LogP contribution in [0.25, 0.3) is 0 Å². The Bertz CT molecular complexity index is 344. The minimum Gasteiger partial charge on any atom is -0.369 e. The lowest BCUT2D eigenvalue weighted by atomic mass is 10.1. The van der Waals surface area contributed by atoms with Gasteiger partial charge in [0.2, 0.25) is 0 Å². The summed E-state index contributed by atoms with van der Waals surface area (Å²) < 4.78 is 0. The molecule has 1 nitrogen and oxygen atoms in total. The maximum Gasteiger partial charge on any atom is 0.0494 e. The molecule has 15 heavy (non-hydrogen) atoms. The molecule has 0 aliphatic heterocycles. The third-order valence-electron chi connectivity index (χ3n) is 3.02. The van der Waals surface area contributed by atoms with Gasteiger partial charge in [-0.25, -0.2) is 0 Å². The molecule has 2 heteroatoms. The Kier molecular flexibility index (Phi) is 3.20. The van der Waals surface area contributed by atoms with E-state index in [2.05, 4.69) is 36.9 Å². The van der Waals surface area contributed by atoms with Gasteiger partial charge in [0.25, 0.3) is 0 Å². The van der Waals surface area contributed by atoms with Crippen LogP contribution in [0.1, 0.15) is 30.9 Å². The predicted molar refractivity (Wildman–Crippen MR) is 66.8 cm³/mol. The van der Waals surface area contributed by atoms with Gasteiger partial charge in [0.1, 0.15) is 0 Å². The van der Waals surface area contributed by atoms with E-state index in [4.69, 9.17) is 11.6 Å². The van der Waals surface area contributed by atoms with E-state index >= 15 is 0 Å². The van der Waals surface area contributed by atoms with Crippen molar-refractivity contribution in [3.05, 3.63) is 29.3 Å². The largest absolute Gasteiger partial charge is 0.369 e. The summed E-state index contributed by atoms with van der Waals surface area (Å²) in [5.41, 5.74) is 3.90. The van der Waals surface area contributed by atoms with E-state index in [0.29, 0.717) is 5.88 Å². The molecule has 0 N–H and O–H groups in total. The molecule has 0 radical (unpaired) electrons. The molecule has 0 atom stereocenters. The zero-order valence-electron chi connectivity index (χ0n) is 9.46. The summed E-state index contributed by atoms with van der Waals surface area (Å²) in [6.07, 6.45) is 2.67. The molecule has 0 aromatic heterocycles. The second-order valence-corrected chi connectivity index (χ2v) is 4.55. The summed E-state index contributed by atoms with van der Waals surface area (Å²) in [7, 11) is 0. The van der Waals surface area contributed by atoms with E-state index in [1.807, 2.05) is 0 Å². The summed E-state index contributed by atoms with van der Waals surface area (Å²) in [5.74, 6) is 0.611. The molecule has 1 aliphatic carbocycles. The second-order valence-electron chi connectivity index (χ2n) is 4.28. The van der Waals surface area contributed by atoms with E-state index in [1.165, 1.54) is 29.7 Å². The van der Waals surface area contributed by atoms with E-state index < -0.39 is 0 Å². The highest BCUT2D eigenvalue weighted by molar-refractivity contribution is 6.17. The summed E-state index contributed by atoms with van der Waals surface area (Å²) >= 11 is 6.00. The van der Waals surface area contributed by atoms with Crippen LogP contribution in [0.5, 0.6) is 0 Å². The molecule has 2 rings (SSSR count). The van der Waals surface area contributed by atoms with Crippen LogP contribution < -0.4 is 4.90 Å². The Morgan fingerprint density at radius 3 is 2.67 bits per heavy atom. The van der Waals surface area contributed by atoms with Crippen molar-refractivity contribution in [2.24, 2.45) is 0 Å². The fraction of sp³-hybridized carbons (Fsp3) is 0.538. The van der Waals surface area contributed by atoms with Crippen LogP contribution in [0.4, 0.5) is 5.69 Å². The Morgan fingerprint density at radius 1 is 1.40 bits per heavy atom. The number of hydrogen-bond acceptors (Lipinski definition) is 1. The van der Waals surface area contributed by atoms with E-state index in [-0.39, 0.29) is 0 Å². The first-order valence-corrected chi connectivity index (χ1v) is 6.22. The second kappa shape index (κ2) is 4.44. The number of aryl methyl sites for hydroxylation is 1. The number of benzene rings is 1. The third kappa shape index (κ3) is 2.28. The molecule has 1 aromatic carbocycles. The molecule has 0 unspecified atom stereocenters. The van der Waals surface area contributed by atoms with E-state index in [0.717, 1.165) is 12.6 Å². The van der Waals surface area contributed by atoms with Gasteiger partial charge in [-0.2, -0.15) is 0 Å². The van der Waals surface area contributed by atoms with Crippen molar-refractivity contribution in [1.82, 2.24) is 0 Å². The van der Waals surface area contributed by atoms with Gasteiger partial charge in [0, 0.05) is 24.2 Å². The zero-order chi connectivity index (χ0) is 10.8. The molecule has 1 aliphatic rings. The maximum absolute atomic E-state index is 6.00. The minimum atomic E-state index is 0.611. The standard InChI is InChI=1S/C13H18ClN/c1-3-15(12-5-6-12)13-7-4-10(2)8-11(13)9-14/h4,7-8,12H,3,5-6,9H2,1-2H3. The summed E-state index contributed by atoms with van der Waals surface area (Å²) in [4.78, 5) is 2.48. The Labute approximate surface area is 97.0 Å². The van der Waals surface area contributed by atoms with Crippen molar-refractivity contribution >= 4 is 17.3 Å². The molecule has 1 fully saturated rings.